The first-order chi connectivity index (χ1) is 23.8. The first-order valence-corrected chi connectivity index (χ1v) is 20.6. The van der Waals surface area contributed by atoms with E-state index in [0.29, 0.717) is 6.42 Å². The Morgan fingerprint density at radius 1 is 0.571 bits per heavy atom. The predicted octanol–water partition coefficient (Wildman–Crippen LogP) is 11.6. The summed E-state index contributed by atoms with van der Waals surface area (Å²) in [6.07, 6.45) is 41.3. The number of phosphoric ester groups is 1. The van der Waals surface area contributed by atoms with E-state index in [1.165, 1.54) is 25.7 Å². The van der Waals surface area contributed by atoms with Crippen LogP contribution in [0.3, 0.4) is 0 Å². The molecular weight excluding hydrogens is 639 g/mol. The lowest BCUT2D eigenvalue weighted by Crippen LogP contribution is -2.29. The molecule has 0 spiro atoms. The van der Waals surface area contributed by atoms with Crippen LogP contribution >= 0.6 is 7.82 Å². The lowest BCUT2D eigenvalue weighted by molar-refractivity contribution is -0.161. The van der Waals surface area contributed by atoms with Crippen molar-refractivity contribution < 1.29 is 37.6 Å². The molecule has 0 aromatic rings. The van der Waals surface area contributed by atoms with Crippen LogP contribution in [-0.2, 0) is 32.7 Å². The molecule has 2 atom stereocenters. The topological polar surface area (TPSA) is 108 Å². The Morgan fingerprint density at radius 2 is 1.04 bits per heavy atom. The molecule has 0 amide bonds. The maximum Gasteiger partial charge on any atom is 0.472 e. The third-order valence-corrected chi connectivity index (χ3v) is 8.62. The van der Waals surface area contributed by atoms with E-state index in [-0.39, 0.29) is 32.0 Å². The van der Waals surface area contributed by atoms with Crippen molar-refractivity contribution >= 4 is 19.8 Å². The summed E-state index contributed by atoms with van der Waals surface area (Å²) >= 11 is 0. The van der Waals surface area contributed by atoms with E-state index in [2.05, 4.69) is 74.6 Å². The van der Waals surface area contributed by atoms with Crippen molar-refractivity contribution in [3.8, 4) is 0 Å². The number of hydrogen-bond donors (Lipinski definition) is 1. The fourth-order valence-electron chi connectivity index (χ4n) is 4.79. The van der Waals surface area contributed by atoms with Crippen molar-refractivity contribution in [2.75, 3.05) is 19.8 Å². The third kappa shape index (κ3) is 35.4. The van der Waals surface area contributed by atoms with Gasteiger partial charge >= 0.3 is 19.8 Å². The molecule has 0 fully saturated rings. The molecule has 0 saturated heterocycles. The second-order valence-electron chi connectivity index (χ2n) is 12.2. The minimum absolute atomic E-state index is 0.00868. The molecule has 0 heterocycles. The van der Waals surface area contributed by atoms with Gasteiger partial charge in [0.2, 0.25) is 0 Å². The molecule has 1 N–H and O–H groups in total. The van der Waals surface area contributed by atoms with Crippen LogP contribution < -0.4 is 0 Å². The molecular formula is C40H69O8P. The summed E-state index contributed by atoms with van der Waals surface area (Å²) in [5.74, 6) is -0.843. The quantitative estimate of drug-likeness (QED) is 0.0304. The molecule has 0 aromatic carbocycles. The van der Waals surface area contributed by atoms with Gasteiger partial charge in [-0.05, 0) is 84.0 Å². The zero-order valence-electron chi connectivity index (χ0n) is 31.1. The van der Waals surface area contributed by atoms with E-state index in [9.17, 15) is 19.0 Å². The summed E-state index contributed by atoms with van der Waals surface area (Å²) < 4.78 is 32.5. The van der Waals surface area contributed by atoms with Crippen molar-refractivity contribution in [2.24, 2.45) is 0 Å². The summed E-state index contributed by atoms with van der Waals surface area (Å²) in [6.45, 7) is 5.27. The number of rotatable bonds is 34. The molecule has 9 heteroatoms. The lowest BCUT2D eigenvalue weighted by Gasteiger charge is -2.19. The van der Waals surface area contributed by atoms with Gasteiger partial charge in [0.05, 0.1) is 13.2 Å². The summed E-state index contributed by atoms with van der Waals surface area (Å²) in [5, 5.41) is 0. The number of esters is 2. The smallest absolute Gasteiger partial charge is 0.462 e. The highest BCUT2D eigenvalue weighted by molar-refractivity contribution is 7.47. The largest absolute Gasteiger partial charge is 0.472 e. The van der Waals surface area contributed by atoms with Gasteiger partial charge in [0.1, 0.15) is 6.61 Å². The maximum absolute atomic E-state index is 12.5. The van der Waals surface area contributed by atoms with Crippen LogP contribution in [0.4, 0.5) is 0 Å². The van der Waals surface area contributed by atoms with E-state index in [1.807, 2.05) is 0 Å². The third-order valence-electron chi connectivity index (χ3n) is 7.56. The van der Waals surface area contributed by atoms with Gasteiger partial charge in [0.25, 0.3) is 0 Å². The van der Waals surface area contributed by atoms with Crippen LogP contribution in [-0.4, -0.2) is 42.8 Å². The second-order valence-corrected chi connectivity index (χ2v) is 13.7. The Morgan fingerprint density at radius 3 is 1.59 bits per heavy atom. The Hall–Kier alpha value is -2.25. The summed E-state index contributed by atoms with van der Waals surface area (Å²) in [7, 11) is -4.29. The van der Waals surface area contributed by atoms with Gasteiger partial charge in [0, 0.05) is 12.8 Å². The molecule has 0 saturated carbocycles. The fraction of sp³-hybridized carbons (Fsp3) is 0.700. The molecule has 0 bridgehead atoms. The number of phosphoric acid groups is 1. The van der Waals surface area contributed by atoms with Crippen molar-refractivity contribution in [1.82, 2.24) is 0 Å². The average Bonchev–Trinajstić information content (AvgIpc) is 3.07. The number of carbonyl (C=O) groups excluding carboxylic acids is 2. The predicted molar refractivity (Wildman–Crippen MR) is 202 cm³/mol. The molecule has 8 nitrogen and oxygen atoms in total. The average molecular weight is 709 g/mol. The fourth-order valence-corrected chi connectivity index (χ4v) is 5.54. The molecule has 0 aliphatic heterocycles. The molecule has 282 valence electrons. The Labute approximate surface area is 299 Å². The monoisotopic (exact) mass is 708 g/mol. The molecule has 0 rings (SSSR count). The lowest BCUT2D eigenvalue weighted by atomic mass is 10.1. The first-order valence-electron chi connectivity index (χ1n) is 19.1. The highest BCUT2D eigenvalue weighted by Crippen LogP contribution is 2.43. The Kier molecular flexibility index (Phi) is 33.9. The van der Waals surface area contributed by atoms with Crippen LogP contribution in [0.2, 0.25) is 0 Å². The van der Waals surface area contributed by atoms with E-state index < -0.39 is 26.5 Å². The van der Waals surface area contributed by atoms with E-state index in [1.54, 1.807) is 6.92 Å². The van der Waals surface area contributed by atoms with Crippen molar-refractivity contribution in [2.45, 2.75) is 162 Å². The molecule has 0 aliphatic rings. The van der Waals surface area contributed by atoms with E-state index in [0.717, 1.165) is 89.9 Å². The number of hydrogen-bond acceptors (Lipinski definition) is 7. The summed E-state index contributed by atoms with van der Waals surface area (Å²) in [4.78, 5) is 34.6. The number of ether oxygens (including phenoxy) is 2. The van der Waals surface area contributed by atoms with Gasteiger partial charge in [-0.25, -0.2) is 4.57 Å². The molecule has 49 heavy (non-hydrogen) atoms. The molecule has 0 aliphatic carbocycles. The maximum atomic E-state index is 12.5. The standard InChI is InChI=1S/C40H69O8P/c1-4-7-9-11-13-15-17-19-20-21-22-23-25-27-29-31-33-35-40(42)48-38(37-47-49(43,44)46-6-3)36-45-39(41)34-32-30-28-26-24-18-16-14-12-10-8-5-2/h7,9,13-16,19-20,22-23,38H,4-6,8,10-12,17-18,21,24-37H2,1-3H3,(H,43,44)/b9-7-,15-13-,16-14-,20-19-,23-22-. The number of carbonyl (C=O) groups is 2. The van der Waals surface area contributed by atoms with Gasteiger partial charge < -0.3 is 14.4 Å². The van der Waals surface area contributed by atoms with Gasteiger partial charge in [-0.3, -0.25) is 18.6 Å². The molecule has 0 radical (unpaired) electrons. The highest BCUT2D eigenvalue weighted by atomic mass is 31.2. The van der Waals surface area contributed by atoms with Crippen LogP contribution in [0.1, 0.15) is 156 Å². The highest BCUT2D eigenvalue weighted by Gasteiger charge is 2.25. The van der Waals surface area contributed by atoms with Gasteiger partial charge in [-0.1, -0.05) is 120 Å². The number of unbranched alkanes of at least 4 members (excludes halogenated alkanes) is 12. The molecule has 2 unspecified atom stereocenters. The van der Waals surface area contributed by atoms with Crippen LogP contribution in [0, 0.1) is 0 Å². The van der Waals surface area contributed by atoms with Crippen LogP contribution in [0.15, 0.2) is 60.8 Å². The minimum Gasteiger partial charge on any atom is -0.462 e. The van der Waals surface area contributed by atoms with E-state index >= 15 is 0 Å². The SMILES string of the molecule is CC/C=C\C/C=C\C/C=C\C/C=C\CCCCCCC(=O)OC(COC(=O)CCCCCCC/C=C\CCCCC)COP(=O)(O)OCC. The van der Waals surface area contributed by atoms with Crippen LogP contribution in [0.5, 0.6) is 0 Å². The van der Waals surface area contributed by atoms with E-state index in [4.69, 9.17) is 18.5 Å². The van der Waals surface area contributed by atoms with Gasteiger partial charge in [0.15, 0.2) is 6.10 Å². The van der Waals surface area contributed by atoms with Crippen molar-refractivity contribution in [3.63, 3.8) is 0 Å². The van der Waals surface area contributed by atoms with Crippen molar-refractivity contribution in [3.05, 3.63) is 60.8 Å². The summed E-state index contributed by atoms with van der Waals surface area (Å²) in [6, 6.07) is 0. The van der Waals surface area contributed by atoms with Crippen LogP contribution in [0.25, 0.3) is 0 Å². The van der Waals surface area contributed by atoms with Gasteiger partial charge in [-0.15, -0.1) is 0 Å². The Balaban J connectivity index is 4.23. The Bertz CT molecular complexity index is 985. The zero-order valence-corrected chi connectivity index (χ0v) is 32.0. The second kappa shape index (κ2) is 35.6. The number of allylic oxidation sites excluding steroid dienone is 10. The minimum atomic E-state index is -4.29. The first kappa shape index (κ1) is 46.8. The van der Waals surface area contributed by atoms with Gasteiger partial charge in [-0.2, -0.15) is 0 Å². The zero-order chi connectivity index (χ0) is 36.1. The van der Waals surface area contributed by atoms with Crippen molar-refractivity contribution in [1.29, 1.82) is 0 Å². The molecule has 0 aromatic heterocycles. The normalized spacial score (nSPS) is 14.1. The summed E-state index contributed by atoms with van der Waals surface area (Å²) in [5.41, 5.74) is 0.